The third-order valence-corrected chi connectivity index (χ3v) is 3.93. The van der Waals surface area contributed by atoms with Gasteiger partial charge in [-0.2, -0.15) is 0 Å². The van der Waals surface area contributed by atoms with Gasteiger partial charge in [0.25, 0.3) is 0 Å². The molecule has 120 valence electrons. The van der Waals surface area contributed by atoms with Gasteiger partial charge in [0.1, 0.15) is 17.7 Å². The first-order valence-electron chi connectivity index (χ1n) is 7.72. The fraction of sp³-hybridized carbons (Fsp3) is 0.263. The van der Waals surface area contributed by atoms with Crippen molar-refractivity contribution in [2.45, 2.75) is 6.10 Å². The number of hydrogen-bond acceptors (Lipinski definition) is 2. The molecular weight excluding hydrogens is 296 g/mol. The first-order valence-corrected chi connectivity index (χ1v) is 7.72. The summed E-state index contributed by atoms with van der Waals surface area (Å²) in [5.74, 6) is -0.565. The van der Waals surface area contributed by atoms with Crippen molar-refractivity contribution in [1.82, 2.24) is 4.90 Å². The van der Waals surface area contributed by atoms with Crippen molar-refractivity contribution < 1.29 is 13.5 Å². The average Bonchev–Trinajstić information content (AvgIpc) is 3.07. The summed E-state index contributed by atoms with van der Waals surface area (Å²) in [6.45, 7) is 3.27. The molecule has 0 saturated heterocycles. The van der Waals surface area contributed by atoms with E-state index in [0.717, 1.165) is 30.8 Å². The summed E-state index contributed by atoms with van der Waals surface area (Å²) in [6.07, 6.45) is 3.95. The molecule has 0 amide bonds. The highest BCUT2D eigenvalue weighted by Gasteiger charge is 2.16. The molecule has 2 aromatic rings. The molecule has 1 aliphatic rings. The summed E-state index contributed by atoms with van der Waals surface area (Å²) >= 11 is 0. The van der Waals surface area contributed by atoms with Gasteiger partial charge in [0.05, 0.1) is 6.61 Å². The van der Waals surface area contributed by atoms with Gasteiger partial charge >= 0.3 is 0 Å². The second kappa shape index (κ2) is 7.49. The molecule has 2 nitrogen and oxygen atoms in total. The summed E-state index contributed by atoms with van der Waals surface area (Å²) in [5, 5.41) is 0. The lowest BCUT2D eigenvalue weighted by atomic mass is 10.0. The van der Waals surface area contributed by atoms with Crippen molar-refractivity contribution in [1.29, 1.82) is 0 Å². The van der Waals surface area contributed by atoms with Gasteiger partial charge in [-0.05, 0) is 35.4 Å². The average molecular weight is 315 g/mol. The van der Waals surface area contributed by atoms with Crippen LogP contribution < -0.4 is 0 Å². The number of rotatable bonds is 6. The monoisotopic (exact) mass is 315 g/mol. The van der Waals surface area contributed by atoms with Gasteiger partial charge in [-0.3, -0.25) is 4.90 Å². The minimum Gasteiger partial charge on any atom is -0.367 e. The number of ether oxygens (including phenoxy) is 1. The lowest BCUT2D eigenvalue weighted by Crippen LogP contribution is -2.25. The largest absolute Gasteiger partial charge is 0.367 e. The van der Waals surface area contributed by atoms with E-state index in [0.29, 0.717) is 6.61 Å². The SMILES string of the molecule is Fc1ccc(C(OCCN2CC=CC2)c2ccc(F)cc2)cc1. The van der Waals surface area contributed by atoms with Gasteiger partial charge < -0.3 is 4.74 Å². The zero-order chi connectivity index (χ0) is 16.1. The Bertz CT molecular complexity index is 599. The van der Waals surface area contributed by atoms with Gasteiger partial charge in [-0.25, -0.2) is 8.78 Å². The molecule has 0 spiro atoms. The minimum atomic E-state index is -0.327. The van der Waals surface area contributed by atoms with Crippen LogP contribution in [-0.2, 0) is 4.74 Å². The van der Waals surface area contributed by atoms with E-state index in [4.69, 9.17) is 4.74 Å². The zero-order valence-electron chi connectivity index (χ0n) is 12.8. The van der Waals surface area contributed by atoms with Crippen molar-refractivity contribution in [2.75, 3.05) is 26.2 Å². The Hall–Kier alpha value is -2.04. The summed E-state index contributed by atoms with van der Waals surface area (Å²) in [6, 6.07) is 12.5. The topological polar surface area (TPSA) is 12.5 Å². The van der Waals surface area contributed by atoms with Crippen LogP contribution in [-0.4, -0.2) is 31.1 Å². The zero-order valence-corrected chi connectivity index (χ0v) is 12.8. The molecule has 0 radical (unpaired) electrons. The highest BCUT2D eigenvalue weighted by Crippen LogP contribution is 2.26. The second-order valence-electron chi connectivity index (χ2n) is 5.58. The van der Waals surface area contributed by atoms with Crippen LogP contribution in [0.3, 0.4) is 0 Å². The number of halogens is 2. The first-order chi connectivity index (χ1) is 11.2. The minimum absolute atomic E-state index is 0.283. The van der Waals surface area contributed by atoms with E-state index >= 15 is 0 Å². The standard InChI is InChI=1S/C19H19F2NO/c20-17-7-3-15(4-8-17)19(16-5-9-18(21)10-6-16)23-14-13-22-11-1-2-12-22/h1-10,19H,11-14H2. The molecule has 0 N–H and O–H groups in total. The van der Waals surface area contributed by atoms with Crippen LogP contribution in [0.15, 0.2) is 60.7 Å². The molecule has 23 heavy (non-hydrogen) atoms. The molecule has 4 heteroatoms. The molecule has 0 aromatic heterocycles. The maximum Gasteiger partial charge on any atom is 0.123 e. The van der Waals surface area contributed by atoms with Crippen LogP contribution in [0, 0.1) is 11.6 Å². The molecule has 1 heterocycles. The van der Waals surface area contributed by atoms with Crippen LogP contribution in [0.1, 0.15) is 17.2 Å². The van der Waals surface area contributed by atoms with E-state index in [9.17, 15) is 8.78 Å². The molecule has 0 bridgehead atoms. The van der Waals surface area contributed by atoms with Gasteiger partial charge in [0.2, 0.25) is 0 Å². The van der Waals surface area contributed by atoms with Crippen molar-refractivity contribution >= 4 is 0 Å². The molecular formula is C19H19F2NO. The van der Waals surface area contributed by atoms with Gasteiger partial charge in [-0.15, -0.1) is 0 Å². The predicted molar refractivity (Wildman–Crippen MR) is 86.2 cm³/mol. The van der Waals surface area contributed by atoms with E-state index in [-0.39, 0.29) is 17.7 Å². The number of hydrogen-bond donors (Lipinski definition) is 0. The van der Waals surface area contributed by atoms with Crippen LogP contribution >= 0.6 is 0 Å². The normalized spacial score (nSPS) is 14.7. The highest BCUT2D eigenvalue weighted by molar-refractivity contribution is 5.30. The van der Waals surface area contributed by atoms with Crippen molar-refractivity contribution in [3.63, 3.8) is 0 Å². The molecule has 0 fully saturated rings. The van der Waals surface area contributed by atoms with Crippen molar-refractivity contribution in [3.05, 3.63) is 83.4 Å². The lowest BCUT2D eigenvalue weighted by molar-refractivity contribution is 0.0652. The Morgan fingerprint density at radius 3 is 1.78 bits per heavy atom. The highest BCUT2D eigenvalue weighted by atomic mass is 19.1. The van der Waals surface area contributed by atoms with Crippen molar-refractivity contribution in [2.24, 2.45) is 0 Å². The van der Waals surface area contributed by atoms with E-state index in [1.807, 2.05) is 0 Å². The quantitative estimate of drug-likeness (QED) is 0.749. The summed E-state index contributed by atoms with van der Waals surface area (Å²) in [7, 11) is 0. The van der Waals surface area contributed by atoms with E-state index < -0.39 is 0 Å². The lowest BCUT2D eigenvalue weighted by Gasteiger charge is -2.21. The van der Waals surface area contributed by atoms with Crippen LogP contribution in [0.5, 0.6) is 0 Å². The third kappa shape index (κ3) is 4.24. The van der Waals surface area contributed by atoms with Crippen LogP contribution in [0.4, 0.5) is 8.78 Å². The van der Waals surface area contributed by atoms with E-state index in [1.165, 1.54) is 24.3 Å². The maximum absolute atomic E-state index is 13.2. The molecule has 0 unspecified atom stereocenters. The first kappa shape index (κ1) is 15.8. The van der Waals surface area contributed by atoms with Gasteiger partial charge in [-0.1, -0.05) is 36.4 Å². The third-order valence-electron chi connectivity index (χ3n) is 3.93. The number of benzene rings is 2. The second-order valence-corrected chi connectivity index (χ2v) is 5.58. The fourth-order valence-corrected chi connectivity index (χ4v) is 2.66. The van der Waals surface area contributed by atoms with Gasteiger partial charge in [0.15, 0.2) is 0 Å². The van der Waals surface area contributed by atoms with Crippen molar-refractivity contribution in [3.8, 4) is 0 Å². The van der Waals surface area contributed by atoms with E-state index in [2.05, 4.69) is 17.1 Å². The summed E-state index contributed by atoms with van der Waals surface area (Å²) in [4.78, 5) is 2.27. The Morgan fingerprint density at radius 2 is 1.30 bits per heavy atom. The molecule has 3 rings (SSSR count). The Morgan fingerprint density at radius 1 is 0.826 bits per heavy atom. The summed E-state index contributed by atoms with van der Waals surface area (Å²) in [5.41, 5.74) is 1.72. The molecule has 0 atom stereocenters. The molecule has 0 saturated carbocycles. The Kier molecular flexibility index (Phi) is 5.16. The maximum atomic E-state index is 13.2. The van der Waals surface area contributed by atoms with E-state index in [1.54, 1.807) is 24.3 Å². The molecule has 0 aliphatic carbocycles. The predicted octanol–water partition coefficient (Wildman–Crippen LogP) is 3.94. The molecule has 2 aromatic carbocycles. The van der Waals surface area contributed by atoms with Crippen LogP contribution in [0.2, 0.25) is 0 Å². The van der Waals surface area contributed by atoms with Crippen LogP contribution in [0.25, 0.3) is 0 Å². The fourth-order valence-electron chi connectivity index (χ4n) is 2.66. The summed E-state index contributed by atoms with van der Waals surface area (Å²) < 4.78 is 32.4. The smallest absolute Gasteiger partial charge is 0.123 e. The Balaban J connectivity index is 1.72. The van der Waals surface area contributed by atoms with Gasteiger partial charge in [0, 0.05) is 19.6 Å². The number of nitrogens with zero attached hydrogens (tertiary/aromatic N) is 1. The molecule has 1 aliphatic heterocycles. The Labute approximate surface area is 135 Å².